The van der Waals surface area contributed by atoms with Crippen LogP contribution in [0.3, 0.4) is 0 Å². The minimum Gasteiger partial charge on any atom is -0.497 e. The molecule has 1 aliphatic rings. The maximum Gasteiger partial charge on any atom is 0.238 e. The van der Waals surface area contributed by atoms with E-state index in [0.717, 1.165) is 13.1 Å². The maximum absolute atomic E-state index is 12.2. The van der Waals surface area contributed by atoms with Crippen LogP contribution in [-0.4, -0.2) is 56.7 Å². The molecular formula is C15H21N3O4. The van der Waals surface area contributed by atoms with Gasteiger partial charge in [0.05, 0.1) is 38.2 Å². The van der Waals surface area contributed by atoms with Crippen LogP contribution in [0.1, 0.15) is 6.92 Å². The summed E-state index contributed by atoms with van der Waals surface area (Å²) in [6.45, 7) is 4.48. The van der Waals surface area contributed by atoms with E-state index in [4.69, 9.17) is 9.47 Å². The number of nitrogens with one attached hydrogen (secondary N) is 2. The van der Waals surface area contributed by atoms with Gasteiger partial charge in [0.2, 0.25) is 11.8 Å². The number of anilines is 2. The monoisotopic (exact) mass is 307 g/mol. The van der Waals surface area contributed by atoms with Crippen molar-refractivity contribution in [1.82, 2.24) is 4.90 Å². The summed E-state index contributed by atoms with van der Waals surface area (Å²) in [6, 6.07) is 5.11. The normalized spacial score (nSPS) is 15.2. The molecule has 2 amide bonds. The second-order valence-electron chi connectivity index (χ2n) is 5.03. The molecule has 2 N–H and O–H groups in total. The van der Waals surface area contributed by atoms with Crippen LogP contribution >= 0.6 is 0 Å². The number of carbonyl (C=O) groups is 2. The number of carbonyl (C=O) groups excluding carboxylic acids is 2. The molecule has 1 aliphatic heterocycles. The smallest absolute Gasteiger partial charge is 0.238 e. The van der Waals surface area contributed by atoms with Crippen molar-refractivity contribution in [2.24, 2.45) is 0 Å². The highest BCUT2D eigenvalue weighted by molar-refractivity contribution is 5.99. The molecule has 0 bridgehead atoms. The number of nitrogens with zero attached hydrogens (tertiary/aromatic N) is 1. The summed E-state index contributed by atoms with van der Waals surface area (Å²) in [6.07, 6.45) is 0. The van der Waals surface area contributed by atoms with Gasteiger partial charge in [-0.1, -0.05) is 0 Å². The topological polar surface area (TPSA) is 79.9 Å². The third-order valence-electron chi connectivity index (χ3n) is 3.28. The summed E-state index contributed by atoms with van der Waals surface area (Å²) >= 11 is 0. The summed E-state index contributed by atoms with van der Waals surface area (Å²) in [5.74, 6) is 0.270. The molecule has 1 saturated heterocycles. The van der Waals surface area contributed by atoms with Crippen LogP contribution in [0.2, 0.25) is 0 Å². The van der Waals surface area contributed by atoms with Crippen molar-refractivity contribution in [3.63, 3.8) is 0 Å². The Labute approximate surface area is 129 Å². The van der Waals surface area contributed by atoms with Crippen LogP contribution in [0.15, 0.2) is 18.2 Å². The largest absolute Gasteiger partial charge is 0.497 e. The van der Waals surface area contributed by atoms with Gasteiger partial charge in [-0.25, -0.2) is 0 Å². The average molecular weight is 307 g/mol. The molecule has 0 aliphatic carbocycles. The van der Waals surface area contributed by atoms with Gasteiger partial charge in [-0.05, 0) is 12.1 Å². The van der Waals surface area contributed by atoms with Gasteiger partial charge in [-0.3, -0.25) is 14.5 Å². The molecule has 7 heteroatoms. The summed E-state index contributed by atoms with van der Waals surface area (Å²) in [7, 11) is 1.55. The zero-order chi connectivity index (χ0) is 15.9. The lowest BCUT2D eigenvalue weighted by molar-refractivity contribution is -0.118. The number of methoxy groups -OCH3 is 1. The Morgan fingerprint density at radius 3 is 2.59 bits per heavy atom. The Morgan fingerprint density at radius 1 is 1.23 bits per heavy atom. The standard InChI is InChI=1S/C15H21N3O4/c1-11(19)16-13-4-3-12(21-2)9-14(13)17-15(20)10-18-5-7-22-8-6-18/h3-4,9H,5-8,10H2,1-2H3,(H,16,19)(H,17,20). The Balaban J connectivity index is 2.05. The minimum absolute atomic E-state index is 0.137. The Morgan fingerprint density at radius 2 is 1.95 bits per heavy atom. The van der Waals surface area contributed by atoms with E-state index in [9.17, 15) is 9.59 Å². The van der Waals surface area contributed by atoms with E-state index < -0.39 is 0 Å². The highest BCUT2D eigenvalue weighted by Crippen LogP contribution is 2.27. The zero-order valence-electron chi connectivity index (χ0n) is 12.8. The van der Waals surface area contributed by atoms with Crippen molar-refractivity contribution in [1.29, 1.82) is 0 Å². The molecule has 0 spiro atoms. The lowest BCUT2D eigenvalue weighted by Crippen LogP contribution is -2.41. The van der Waals surface area contributed by atoms with Crippen LogP contribution in [0.25, 0.3) is 0 Å². The van der Waals surface area contributed by atoms with Crippen LogP contribution < -0.4 is 15.4 Å². The molecule has 0 aromatic heterocycles. The lowest BCUT2D eigenvalue weighted by atomic mass is 10.2. The number of rotatable bonds is 5. The predicted molar refractivity (Wildman–Crippen MR) is 83.2 cm³/mol. The van der Waals surface area contributed by atoms with E-state index in [1.54, 1.807) is 25.3 Å². The molecule has 7 nitrogen and oxygen atoms in total. The van der Waals surface area contributed by atoms with Gasteiger partial charge in [-0.15, -0.1) is 0 Å². The molecule has 0 unspecified atom stereocenters. The molecule has 0 radical (unpaired) electrons. The quantitative estimate of drug-likeness (QED) is 0.846. The molecule has 1 aromatic rings. The second kappa shape index (κ2) is 7.77. The van der Waals surface area contributed by atoms with E-state index >= 15 is 0 Å². The van der Waals surface area contributed by atoms with Gasteiger partial charge in [0.1, 0.15) is 5.75 Å². The Hall–Kier alpha value is -2.12. The fourth-order valence-electron chi connectivity index (χ4n) is 2.20. The minimum atomic E-state index is -0.200. The fraction of sp³-hybridized carbons (Fsp3) is 0.467. The van der Waals surface area contributed by atoms with E-state index in [0.29, 0.717) is 36.9 Å². The number of amides is 2. The van der Waals surface area contributed by atoms with E-state index in [-0.39, 0.29) is 11.8 Å². The van der Waals surface area contributed by atoms with Crippen LogP contribution in [0.5, 0.6) is 5.75 Å². The Kier molecular flexibility index (Phi) is 5.74. The van der Waals surface area contributed by atoms with E-state index in [1.165, 1.54) is 6.92 Å². The zero-order valence-corrected chi connectivity index (χ0v) is 12.8. The molecule has 2 rings (SSSR count). The van der Waals surface area contributed by atoms with Gasteiger partial charge < -0.3 is 20.1 Å². The van der Waals surface area contributed by atoms with E-state index in [1.807, 2.05) is 4.90 Å². The fourth-order valence-corrected chi connectivity index (χ4v) is 2.20. The predicted octanol–water partition coefficient (Wildman–Crippen LogP) is 0.924. The first-order valence-electron chi connectivity index (χ1n) is 7.14. The maximum atomic E-state index is 12.2. The highest BCUT2D eigenvalue weighted by atomic mass is 16.5. The number of benzene rings is 1. The van der Waals surface area contributed by atoms with Crippen LogP contribution in [0.4, 0.5) is 11.4 Å². The molecular weight excluding hydrogens is 286 g/mol. The molecule has 22 heavy (non-hydrogen) atoms. The summed E-state index contributed by atoms with van der Waals surface area (Å²) < 4.78 is 10.4. The first-order chi connectivity index (χ1) is 10.6. The van der Waals surface area contributed by atoms with E-state index in [2.05, 4.69) is 10.6 Å². The van der Waals surface area contributed by atoms with Gasteiger partial charge in [0, 0.05) is 26.1 Å². The summed E-state index contributed by atoms with van der Waals surface area (Å²) in [5.41, 5.74) is 1.07. The van der Waals surface area contributed by atoms with Crippen molar-refractivity contribution >= 4 is 23.2 Å². The molecule has 0 saturated carbocycles. The van der Waals surface area contributed by atoms with Crippen molar-refractivity contribution in [2.75, 3.05) is 50.6 Å². The van der Waals surface area contributed by atoms with Gasteiger partial charge in [0.15, 0.2) is 0 Å². The first-order valence-corrected chi connectivity index (χ1v) is 7.14. The SMILES string of the molecule is COc1ccc(NC(C)=O)c(NC(=O)CN2CCOCC2)c1. The van der Waals surface area contributed by atoms with Gasteiger partial charge in [0.25, 0.3) is 0 Å². The molecule has 0 atom stereocenters. The number of morpholine rings is 1. The van der Waals surface area contributed by atoms with Gasteiger partial charge >= 0.3 is 0 Å². The number of hydrogen-bond donors (Lipinski definition) is 2. The molecule has 1 heterocycles. The van der Waals surface area contributed by atoms with Gasteiger partial charge in [-0.2, -0.15) is 0 Å². The summed E-state index contributed by atoms with van der Waals surface area (Å²) in [4.78, 5) is 25.4. The third-order valence-corrected chi connectivity index (χ3v) is 3.28. The lowest BCUT2D eigenvalue weighted by Gasteiger charge is -2.26. The van der Waals surface area contributed by atoms with Crippen molar-refractivity contribution in [3.05, 3.63) is 18.2 Å². The Bertz CT molecular complexity index is 542. The molecule has 120 valence electrons. The first kappa shape index (κ1) is 16.3. The van der Waals surface area contributed by atoms with Crippen LogP contribution in [0, 0.1) is 0 Å². The highest BCUT2D eigenvalue weighted by Gasteiger charge is 2.15. The summed E-state index contributed by atoms with van der Waals surface area (Å²) in [5, 5.41) is 5.51. The van der Waals surface area contributed by atoms with Crippen molar-refractivity contribution in [2.45, 2.75) is 6.92 Å². The number of hydrogen-bond acceptors (Lipinski definition) is 5. The average Bonchev–Trinajstić information content (AvgIpc) is 2.49. The third kappa shape index (κ3) is 4.71. The van der Waals surface area contributed by atoms with Crippen molar-refractivity contribution in [3.8, 4) is 5.75 Å². The van der Waals surface area contributed by atoms with Crippen molar-refractivity contribution < 1.29 is 19.1 Å². The molecule has 1 fully saturated rings. The number of ether oxygens (including phenoxy) is 2. The van der Waals surface area contributed by atoms with Crippen LogP contribution in [-0.2, 0) is 14.3 Å². The second-order valence-corrected chi connectivity index (χ2v) is 5.03. The molecule has 1 aromatic carbocycles.